The number of hydrogen-bond donors (Lipinski definition) is 2. The maximum absolute atomic E-state index is 12.6. The van der Waals surface area contributed by atoms with Crippen LogP contribution in [-0.4, -0.2) is 26.9 Å². The van der Waals surface area contributed by atoms with Crippen molar-refractivity contribution < 1.29 is 13.2 Å². The van der Waals surface area contributed by atoms with E-state index in [1.165, 1.54) is 0 Å². The van der Waals surface area contributed by atoms with Crippen LogP contribution in [0.2, 0.25) is 0 Å². The van der Waals surface area contributed by atoms with E-state index in [-0.39, 0.29) is 22.6 Å². The number of sulfone groups is 1. The molecule has 0 heterocycles. The Bertz CT molecular complexity index is 873. The minimum atomic E-state index is -3.44. The summed E-state index contributed by atoms with van der Waals surface area (Å²) in [5.74, 6) is 0.287. The minimum Gasteiger partial charge on any atom is -0.349 e. The number of nitrogens with one attached hydrogen (secondary N) is 1. The van der Waals surface area contributed by atoms with Gasteiger partial charge in [0.1, 0.15) is 0 Å². The molecule has 3 rings (SSSR count). The monoisotopic (exact) mass is 386 g/mol. The first-order chi connectivity index (χ1) is 13.0. The van der Waals surface area contributed by atoms with Gasteiger partial charge in [0.2, 0.25) is 0 Å². The molecule has 1 saturated carbocycles. The van der Waals surface area contributed by atoms with Gasteiger partial charge in [-0.1, -0.05) is 30.3 Å². The second-order valence-electron chi connectivity index (χ2n) is 7.20. The van der Waals surface area contributed by atoms with Crippen molar-refractivity contribution in [1.82, 2.24) is 5.32 Å². The van der Waals surface area contributed by atoms with Crippen molar-refractivity contribution in [2.45, 2.75) is 42.4 Å². The normalized spacial score (nSPS) is 20.2. The number of carbonyl (C=O) groups is 1. The van der Waals surface area contributed by atoms with Crippen molar-refractivity contribution in [2.75, 3.05) is 6.54 Å². The van der Waals surface area contributed by atoms with Crippen molar-refractivity contribution >= 4 is 15.7 Å². The Labute approximate surface area is 160 Å². The van der Waals surface area contributed by atoms with Crippen LogP contribution in [0.15, 0.2) is 59.5 Å². The standard InChI is InChI=1S/C21H26N2O3S/c22-14-16-9-11-19(12-10-16)23-21(24)18-6-4-5-17(13-18)15-27(25,26)20-7-2-1-3-8-20/h1-8,13,16,19H,9-12,14-15,22H2,(H,23,24). The van der Waals surface area contributed by atoms with Gasteiger partial charge in [0.05, 0.1) is 10.6 Å². The summed E-state index contributed by atoms with van der Waals surface area (Å²) >= 11 is 0. The van der Waals surface area contributed by atoms with Crippen molar-refractivity contribution in [3.05, 3.63) is 65.7 Å². The van der Waals surface area contributed by atoms with Gasteiger partial charge in [-0.05, 0) is 68.0 Å². The van der Waals surface area contributed by atoms with Gasteiger partial charge >= 0.3 is 0 Å². The average Bonchev–Trinajstić information content (AvgIpc) is 2.69. The highest BCUT2D eigenvalue weighted by atomic mass is 32.2. The lowest BCUT2D eigenvalue weighted by Gasteiger charge is -2.28. The minimum absolute atomic E-state index is 0.125. The lowest BCUT2D eigenvalue weighted by Crippen LogP contribution is -2.38. The van der Waals surface area contributed by atoms with Gasteiger partial charge in [-0.2, -0.15) is 0 Å². The molecule has 2 aromatic rings. The van der Waals surface area contributed by atoms with Crippen LogP contribution in [0.1, 0.15) is 41.6 Å². The molecule has 1 aliphatic carbocycles. The summed E-state index contributed by atoms with van der Waals surface area (Å²) in [7, 11) is -3.44. The molecule has 5 nitrogen and oxygen atoms in total. The molecular formula is C21H26N2O3S. The van der Waals surface area contributed by atoms with Gasteiger partial charge in [-0.25, -0.2) is 8.42 Å². The Morgan fingerprint density at radius 3 is 2.37 bits per heavy atom. The van der Waals surface area contributed by atoms with E-state index in [2.05, 4.69) is 5.32 Å². The van der Waals surface area contributed by atoms with Gasteiger partial charge in [0.15, 0.2) is 9.84 Å². The third-order valence-corrected chi connectivity index (χ3v) is 6.87. The second-order valence-corrected chi connectivity index (χ2v) is 9.19. The predicted molar refractivity (Wildman–Crippen MR) is 106 cm³/mol. The Morgan fingerprint density at radius 1 is 1.00 bits per heavy atom. The van der Waals surface area contributed by atoms with E-state index in [4.69, 9.17) is 5.73 Å². The van der Waals surface area contributed by atoms with Gasteiger partial charge in [-0.3, -0.25) is 4.79 Å². The molecular weight excluding hydrogens is 360 g/mol. The molecule has 1 aliphatic rings. The zero-order valence-corrected chi connectivity index (χ0v) is 16.1. The largest absolute Gasteiger partial charge is 0.349 e. The third kappa shape index (κ3) is 5.17. The smallest absolute Gasteiger partial charge is 0.251 e. The van der Waals surface area contributed by atoms with E-state index in [0.717, 1.165) is 25.7 Å². The fourth-order valence-electron chi connectivity index (χ4n) is 3.54. The van der Waals surface area contributed by atoms with Crippen molar-refractivity contribution in [3.8, 4) is 0 Å². The van der Waals surface area contributed by atoms with Gasteiger partial charge in [0.25, 0.3) is 5.91 Å². The fraction of sp³-hybridized carbons (Fsp3) is 0.381. The Kier molecular flexibility index (Phi) is 6.29. The molecule has 1 amide bonds. The highest BCUT2D eigenvalue weighted by Crippen LogP contribution is 2.23. The Balaban J connectivity index is 1.66. The molecule has 144 valence electrons. The van der Waals surface area contributed by atoms with E-state index in [0.29, 0.717) is 23.6 Å². The molecule has 0 unspecified atom stereocenters. The summed E-state index contributed by atoms with van der Waals surface area (Å²) in [4.78, 5) is 12.9. The van der Waals surface area contributed by atoms with E-state index >= 15 is 0 Å². The van der Waals surface area contributed by atoms with E-state index in [1.807, 2.05) is 0 Å². The summed E-state index contributed by atoms with van der Waals surface area (Å²) in [5.41, 5.74) is 6.82. The summed E-state index contributed by atoms with van der Waals surface area (Å²) < 4.78 is 25.1. The lowest BCUT2D eigenvalue weighted by atomic mass is 9.86. The molecule has 0 bridgehead atoms. The van der Waals surface area contributed by atoms with Crippen LogP contribution in [0.4, 0.5) is 0 Å². The quantitative estimate of drug-likeness (QED) is 0.799. The van der Waals surface area contributed by atoms with Gasteiger partial charge in [0, 0.05) is 11.6 Å². The number of carbonyl (C=O) groups excluding carboxylic acids is 1. The highest BCUT2D eigenvalue weighted by molar-refractivity contribution is 7.90. The van der Waals surface area contributed by atoms with Gasteiger partial charge < -0.3 is 11.1 Å². The molecule has 0 spiro atoms. The summed E-state index contributed by atoms with van der Waals surface area (Å²) in [6.45, 7) is 0.707. The van der Waals surface area contributed by atoms with Crippen molar-refractivity contribution in [2.24, 2.45) is 11.7 Å². The van der Waals surface area contributed by atoms with Crippen LogP contribution in [0, 0.1) is 5.92 Å². The Morgan fingerprint density at radius 2 is 1.70 bits per heavy atom. The number of nitrogens with two attached hydrogens (primary N) is 1. The van der Waals surface area contributed by atoms with E-state index < -0.39 is 9.84 Å². The molecule has 1 fully saturated rings. The third-order valence-electron chi connectivity index (χ3n) is 5.16. The second kappa shape index (κ2) is 8.67. The molecule has 27 heavy (non-hydrogen) atoms. The van der Waals surface area contributed by atoms with Crippen LogP contribution in [-0.2, 0) is 15.6 Å². The summed E-state index contributed by atoms with van der Waals surface area (Å²) in [5, 5.41) is 3.07. The number of amides is 1. The zero-order chi connectivity index (χ0) is 19.3. The van der Waals surface area contributed by atoms with Crippen LogP contribution < -0.4 is 11.1 Å². The van der Waals surface area contributed by atoms with Crippen molar-refractivity contribution in [3.63, 3.8) is 0 Å². The average molecular weight is 387 g/mol. The maximum Gasteiger partial charge on any atom is 0.251 e. The number of hydrogen-bond acceptors (Lipinski definition) is 4. The van der Waals surface area contributed by atoms with Crippen LogP contribution >= 0.6 is 0 Å². The topological polar surface area (TPSA) is 89.3 Å². The summed E-state index contributed by atoms with van der Waals surface area (Å²) in [6, 6.07) is 15.4. The van der Waals surface area contributed by atoms with Crippen molar-refractivity contribution in [1.29, 1.82) is 0 Å². The van der Waals surface area contributed by atoms with Gasteiger partial charge in [-0.15, -0.1) is 0 Å². The first kappa shape index (κ1) is 19.6. The van der Waals surface area contributed by atoms with E-state index in [1.54, 1.807) is 54.6 Å². The molecule has 0 aromatic heterocycles. The van der Waals surface area contributed by atoms with Crippen LogP contribution in [0.25, 0.3) is 0 Å². The molecule has 0 atom stereocenters. The predicted octanol–water partition coefficient (Wildman–Crippen LogP) is 2.91. The van der Waals surface area contributed by atoms with Crippen LogP contribution in [0.5, 0.6) is 0 Å². The SMILES string of the molecule is NCC1CCC(NC(=O)c2cccc(CS(=O)(=O)c3ccccc3)c2)CC1. The molecule has 2 aromatic carbocycles. The first-order valence-corrected chi connectivity index (χ1v) is 11.0. The Hall–Kier alpha value is -2.18. The lowest BCUT2D eigenvalue weighted by molar-refractivity contribution is 0.0922. The first-order valence-electron chi connectivity index (χ1n) is 9.35. The molecule has 3 N–H and O–H groups in total. The highest BCUT2D eigenvalue weighted by Gasteiger charge is 2.22. The number of rotatable bonds is 6. The zero-order valence-electron chi connectivity index (χ0n) is 15.3. The van der Waals surface area contributed by atoms with Crippen LogP contribution in [0.3, 0.4) is 0 Å². The molecule has 6 heteroatoms. The maximum atomic E-state index is 12.6. The molecule has 0 radical (unpaired) electrons. The fourth-order valence-corrected chi connectivity index (χ4v) is 4.90. The number of benzene rings is 2. The van der Waals surface area contributed by atoms with E-state index in [9.17, 15) is 13.2 Å². The molecule has 0 aliphatic heterocycles. The summed E-state index contributed by atoms with van der Waals surface area (Å²) in [6.07, 6.45) is 3.96. The molecule has 0 saturated heterocycles.